The molecule has 0 N–H and O–H groups in total. The van der Waals surface area contributed by atoms with Crippen molar-refractivity contribution in [3.8, 4) is 5.95 Å². The molecule has 9 nitrogen and oxygen atoms in total. The minimum atomic E-state index is -2.79. The van der Waals surface area contributed by atoms with Crippen molar-refractivity contribution in [1.29, 1.82) is 0 Å². The van der Waals surface area contributed by atoms with Crippen LogP contribution in [0.15, 0.2) is 30.3 Å². The molecule has 2 fully saturated rings. The number of piperazine rings is 1. The Morgan fingerprint density at radius 3 is 2.50 bits per heavy atom. The third kappa shape index (κ3) is 4.47. The number of anilines is 2. The number of morpholine rings is 1. The molecule has 36 heavy (non-hydrogen) atoms. The summed E-state index contributed by atoms with van der Waals surface area (Å²) in [7, 11) is 0. The summed E-state index contributed by atoms with van der Waals surface area (Å²) in [6, 6.07) is 8.97. The van der Waals surface area contributed by atoms with Gasteiger partial charge in [0.1, 0.15) is 11.6 Å². The number of rotatable bonds is 5. The van der Waals surface area contributed by atoms with Crippen LogP contribution in [0.4, 0.5) is 20.4 Å². The summed E-state index contributed by atoms with van der Waals surface area (Å²) in [5.41, 5.74) is 0.987. The van der Waals surface area contributed by atoms with E-state index in [1.54, 1.807) is 24.3 Å². The number of benzene rings is 1. The third-order valence-corrected chi connectivity index (χ3v) is 7.11. The number of alkyl halides is 2. The zero-order valence-electron chi connectivity index (χ0n) is 20.8. The molecular weight excluding hydrogens is 468 g/mol. The van der Waals surface area contributed by atoms with Gasteiger partial charge in [-0.15, -0.1) is 0 Å². The highest BCUT2D eigenvalue weighted by atomic mass is 19.3. The lowest BCUT2D eigenvalue weighted by Gasteiger charge is -2.39. The van der Waals surface area contributed by atoms with Crippen LogP contribution in [0.25, 0.3) is 17.0 Å². The van der Waals surface area contributed by atoms with E-state index in [-0.39, 0.29) is 29.8 Å². The maximum atomic E-state index is 14.1. The lowest BCUT2D eigenvalue weighted by atomic mass is 10.1. The van der Waals surface area contributed by atoms with Crippen LogP contribution < -0.4 is 9.80 Å². The van der Waals surface area contributed by atoms with Gasteiger partial charge in [-0.05, 0) is 26.0 Å². The van der Waals surface area contributed by atoms with Gasteiger partial charge in [0, 0.05) is 45.2 Å². The summed E-state index contributed by atoms with van der Waals surface area (Å²) in [6.45, 7) is 9.50. The van der Waals surface area contributed by atoms with Crippen molar-refractivity contribution in [1.82, 2.24) is 24.4 Å². The number of nitrogens with zero attached hydrogens (tertiary/aromatic N) is 7. The Bertz CT molecular complexity index is 1240. The van der Waals surface area contributed by atoms with Crippen molar-refractivity contribution in [2.75, 3.05) is 49.1 Å². The lowest BCUT2D eigenvalue weighted by Crippen LogP contribution is -2.50. The van der Waals surface area contributed by atoms with Crippen molar-refractivity contribution in [3.63, 3.8) is 0 Å². The molecule has 11 heteroatoms. The minimum Gasteiger partial charge on any atom is -0.375 e. The van der Waals surface area contributed by atoms with Crippen LogP contribution in [0.2, 0.25) is 0 Å². The SMILES string of the molecule is CCC(=O)N1CCN(c2cc(N3CCO[C@H](C)[C@H]3C)nc(-n3c(C(F)F)nc4ccccc43)n2)CC1. The molecule has 4 heterocycles. The fraction of sp³-hybridized carbons (Fsp3) is 0.520. The molecule has 192 valence electrons. The number of imidazole rings is 1. The fourth-order valence-electron chi connectivity index (χ4n) is 4.89. The van der Waals surface area contributed by atoms with Crippen molar-refractivity contribution in [2.45, 2.75) is 45.8 Å². The number of fused-ring (bicyclic) bond motifs is 1. The summed E-state index contributed by atoms with van der Waals surface area (Å²) in [5.74, 6) is 1.19. The van der Waals surface area contributed by atoms with Gasteiger partial charge >= 0.3 is 0 Å². The lowest BCUT2D eigenvalue weighted by molar-refractivity contribution is -0.131. The first kappa shape index (κ1) is 24.4. The number of ether oxygens (including phenoxy) is 1. The number of hydrogen-bond donors (Lipinski definition) is 0. The number of aromatic nitrogens is 4. The first-order chi connectivity index (χ1) is 17.4. The van der Waals surface area contributed by atoms with E-state index in [1.165, 1.54) is 4.57 Å². The largest absolute Gasteiger partial charge is 0.375 e. The molecule has 2 atom stereocenters. The molecule has 2 aliphatic rings. The van der Waals surface area contributed by atoms with Crippen LogP contribution in [0.3, 0.4) is 0 Å². The molecular formula is C25H31F2N7O2. The molecule has 0 bridgehead atoms. The maximum absolute atomic E-state index is 14.1. The predicted octanol–water partition coefficient (Wildman–Crippen LogP) is 3.43. The normalized spacial score (nSPS) is 21.0. The van der Waals surface area contributed by atoms with Crippen LogP contribution in [-0.4, -0.2) is 81.8 Å². The smallest absolute Gasteiger partial charge is 0.296 e. The van der Waals surface area contributed by atoms with Crippen LogP contribution in [0, 0.1) is 0 Å². The van der Waals surface area contributed by atoms with Crippen molar-refractivity contribution < 1.29 is 18.3 Å². The van der Waals surface area contributed by atoms with Crippen LogP contribution >= 0.6 is 0 Å². The Labute approximate surface area is 208 Å². The van der Waals surface area contributed by atoms with E-state index in [0.717, 1.165) is 0 Å². The van der Waals surface area contributed by atoms with Gasteiger partial charge in [-0.1, -0.05) is 19.1 Å². The van der Waals surface area contributed by atoms with E-state index in [9.17, 15) is 13.6 Å². The maximum Gasteiger partial charge on any atom is 0.296 e. The van der Waals surface area contributed by atoms with Crippen LogP contribution in [0.1, 0.15) is 39.4 Å². The number of hydrogen-bond acceptors (Lipinski definition) is 7. The number of carbonyl (C=O) groups excluding carboxylic acids is 1. The molecule has 5 rings (SSSR count). The second-order valence-electron chi connectivity index (χ2n) is 9.21. The second kappa shape index (κ2) is 9.96. The Morgan fingerprint density at radius 1 is 1.06 bits per heavy atom. The van der Waals surface area contributed by atoms with Gasteiger partial charge in [0.05, 0.1) is 29.8 Å². The second-order valence-corrected chi connectivity index (χ2v) is 9.21. The molecule has 0 aliphatic carbocycles. The molecule has 0 spiro atoms. The standard InChI is InChI=1S/C25H31F2N7O2/c1-4-22(35)32-11-9-31(10-12-32)20-15-21(33-13-14-36-17(3)16(33)2)30-25(29-20)34-19-8-6-5-7-18(19)28-24(34)23(26)27/h5-8,15-17,23H,4,9-14H2,1-3H3/t16-,17-/m1/s1. The van der Waals surface area contributed by atoms with Gasteiger partial charge in [-0.3, -0.25) is 9.36 Å². The molecule has 0 saturated carbocycles. The summed E-state index contributed by atoms with van der Waals surface area (Å²) < 4.78 is 35.4. The Hall–Kier alpha value is -3.34. The molecule has 3 aromatic rings. The summed E-state index contributed by atoms with van der Waals surface area (Å²) in [6.07, 6.45) is -2.33. The molecule has 0 unspecified atom stereocenters. The van der Waals surface area contributed by atoms with E-state index >= 15 is 0 Å². The first-order valence-corrected chi connectivity index (χ1v) is 12.4. The molecule has 2 aliphatic heterocycles. The Balaban J connectivity index is 1.60. The molecule has 0 radical (unpaired) electrons. The van der Waals surface area contributed by atoms with Crippen molar-refractivity contribution in [2.24, 2.45) is 0 Å². The van der Waals surface area contributed by atoms with Crippen molar-refractivity contribution >= 4 is 28.6 Å². The van der Waals surface area contributed by atoms with E-state index < -0.39 is 6.43 Å². The average Bonchev–Trinajstić information content (AvgIpc) is 3.30. The van der Waals surface area contributed by atoms with E-state index in [0.29, 0.717) is 68.4 Å². The van der Waals surface area contributed by atoms with E-state index in [4.69, 9.17) is 14.7 Å². The van der Waals surface area contributed by atoms with Gasteiger partial charge in [0.2, 0.25) is 11.9 Å². The first-order valence-electron chi connectivity index (χ1n) is 12.4. The number of halogens is 2. The molecule has 2 aromatic heterocycles. The number of para-hydroxylation sites is 2. The average molecular weight is 500 g/mol. The summed E-state index contributed by atoms with van der Waals surface area (Å²) >= 11 is 0. The van der Waals surface area contributed by atoms with E-state index in [1.807, 2.05) is 24.8 Å². The van der Waals surface area contributed by atoms with Crippen molar-refractivity contribution in [3.05, 3.63) is 36.2 Å². The minimum absolute atomic E-state index is 0.00471. The van der Waals surface area contributed by atoms with Gasteiger partial charge in [0.25, 0.3) is 6.43 Å². The highest BCUT2D eigenvalue weighted by Crippen LogP contribution is 2.31. The molecule has 2 saturated heterocycles. The summed E-state index contributed by atoms with van der Waals surface area (Å²) in [4.78, 5) is 32.0. The highest BCUT2D eigenvalue weighted by molar-refractivity contribution is 5.78. The quantitative estimate of drug-likeness (QED) is 0.532. The predicted molar refractivity (Wildman–Crippen MR) is 133 cm³/mol. The Morgan fingerprint density at radius 2 is 1.78 bits per heavy atom. The topological polar surface area (TPSA) is 79.6 Å². The Kier molecular flexibility index (Phi) is 6.74. The van der Waals surface area contributed by atoms with Gasteiger partial charge in [-0.2, -0.15) is 9.97 Å². The van der Waals surface area contributed by atoms with Gasteiger partial charge in [0.15, 0.2) is 5.82 Å². The molecule has 1 amide bonds. The number of amides is 1. The van der Waals surface area contributed by atoms with Gasteiger partial charge in [-0.25, -0.2) is 13.8 Å². The number of carbonyl (C=O) groups is 1. The van der Waals surface area contributed by atoms with Crippen LogP contribution in [0.5, 0.6) is 0 Å². The summed E-state index contributed by atoms with van der Waals surface area (Å²) in [5, 5.41) is 0. The monoisotopic (exact) mass is 499 g/mol. The third-order valence-electron chi connectivity index (χ3n) is 7.11. The van der Waals surface area contributed by atoms with Gasteiger partial charge < -0.3 is 19.4 Å². The fourth-order valence-corrected chi connectivity index (χ4v) is 4.89. The van der Waals surface area contributed by atoms with Crippen LogP contribution in [-0.2, 0) is 9.53 Å². The molecule has 1 aromatic carbocycles. The zero-order chi connectivity index (χ0) is 25.4. The highest BCUT2D eigenvalue weighted by Gasteiger charge is 2.30. The van der Waals surface area contributed by atoms with E-state index in [2.05, 4.69) is 21.7 Å². The zero-order valence-corrected chi connectivity index (χ0v) is 20.8.